The molecule has 0 unspecified atom stereocenters. The fourth-order valence-electron chi connectivity index (χ4n) is 1.28. The first-order valence-corrected chi connectivity index (χ1v) is 5.60. The third kappa shape index (κ3) is 3.00. The van der Waals surface area contributed by atoms with E-state index in [2.05, 4.69) is 20.9 Å². The van der Waals surface area contributed by atoms with Crippen molar-refractivity contribution in [2.45, 2.75) is 6.92 Å². The van der Waals surface area contributed by atoms with Gasteiger partial charge in [-0.2, -0.15) is 0 Å². The van der Waals surface area contributed by atoms with Crippen LogP contribution in [0.2, 0.25) is 0 Å². The Hall–Kier alpha value is -1.49. The molecule has 0 aliphatic heterocycles. The average Bonchev–Trinajstić information content (AvgIpc) is 2.22. The second-order valence-electron chi connectivity index (χ2n) is 3.48. The summed E-state index contributed by atoms with van der Waals surface area (Å²) in [4.78, 5) is 3.98. The van der Waals surface area contributed by atoms with Crippen LogP contribution in [0.1, 0.15) is 5.56 Å². The maximum atomic E-state index is 12.9. The Morgan fingerprint density at radius 3 is 2.35 bits per heavy atom. The smallest absolute Gasteiger partial charge is 0.219 e. The third-order valence-corrected chi connectivity index (χ3v) is 2.91. The molecule has 0 saturated carbocycles. The maximum Gasteiger partial charge on any atom is 0.219 e. The van der Waals surface area contributed by atoms with Crippen LogP contribution in [0.4, 0.5) is 8.78 Å². The van der Waals surface area contributed by atoms with E-state index in [4.69, 9.17) is 4.74 Å². The quantitative estimate of drug-likeness (QED) is 0.828. The van der Waals surface area contributed by atoms with Crippen LogP contribution in [0.15, 0.2) is 34.9 Å². The summed E-state index contributed by atoms with van der Waals surface area (Å²) in [7, 11) is 0. The van der Waals surface area contributed by atoms with Gasteiger partial charge in [0.05, 0.1) is 0 Å². The second-order valence-corrected chi connectivity index (χ2v) is 4.33. The highest BCUT2D eigenvalue weighted by Gasteiger charge is 2.05. The van der Waals surface area contributed by atoms with E-state index in [1.807, 2.05) is 6.92 Å². The highest BCUT2D eigenvalue weighted by Crippen LogP contribution is 2.24. The summed E-state index contributed by atoms with van der Waals surface area (Å²) >= 11 is 3.30. The minimum Gasteiger partial charge on any atom is -0.439 e. The van der Waals surface area contributed by atoms with E-state index in [1.54, 1.807) is 12.3 Å². The van der Waals surface area contributed by atoms with Crippen LogP contribution in [0, 0.1) is 18.6 Å². The van der Waals surface area contributed by atoms with Crippen molar-refractivity contribution in [1.82, 2.24) is 4.98 Å². The van der Waals surface area contributed by atoms with Crippen molar-refractivity contribution >= 4 is 15.9 Å². The Balaban J connectivity index is 2.28. The fraction of sp³-hybridized carbons (Fsp3) is 0.0833. The summed E-state index contributed by atoms with van der Waals surface area (Å²) in [6.07, 6.45) is 1.57. The number of benzene rings is 1. The Labute approximate surface area is 105 Å². The third-order valence-electron chi connectivity index (χ3n) is 2.08. The molecule has 1 heterocycles. The van der Waals surface area contributed by atoms with Gasteiger partial charge in [-0.3, -0.25) is 0 Å². The number of hydrogen-bond donors (Lipinski definition) is 0. The van der Waals surface area contributed by atoms with Gasteiger partial charge in [-0.1, -0.05) is 0 Å². The zero-order chi connectivity index (χ0) is 12.4. The molecule has 0 fully saturated rings. The number of rotatable bonds is 2. The molecule has 5 heteroatoms. The standard InChI is InChI=1S/C12H8BrF2NO/c1-7-2-12(16-6-11(7)13)17-10-4-8(14)3-9(15)5-10/h2-6H,1H3. The number of ether oxygens (including phenoxy) is 1. The van der Waals surface area contributed by atoms with Crippen molar-refractivity contribution in [1.29, 1.82) is 0 Å². The molecule has 2 rings (SSSR count). The van der Waals surface area contributed by atoms with Gasteiger partial charge < -0.3 is 4.74 Å². The minimum absolute atomic E-state index is 0.0803. The predicted molar refractivity (Wildman–Crippen MR) is 63.1 cm³/mol. The highest BCUT2D eigenvalue weighted by molar-refractivity contribution is 9.10. The largest absolute Gasteiger partial charge is 0.439 e. The van der Waals surface area contributed by atoms with Gasteiger partial charge >= 0.3 is 0 Å². The monoisotopic (exact) mass is 299 g/mol. The SMILES string of the molecule is Cc1cc(Oc2cc(F)cc(F)c2)ncc1Br. The number of aromatic nitrogens is 1. The molecule has 0 bridgehead atoms. The zero-order valence-electron chi connectivity index (χ0n) is 8.88. The van der Waals surface area contributed by atoms with Crippen LogP contribution >= 0.6 is 15.9 Å². The van der Waals surface area contributed by atoms with Gasteiger partial charge in [-0.25, -0.2) is 13.8 Å². The molecule has 1 aromatic heterocycles. The van der Waals surface area contributed by atoms with Gasteiger partial charge in [-0.15, -0.1) is 0 Å². The average molecular weight is 300 g/mol. The molecule has 0 spiro atoms. The molecule has 2 nitrogen and oxygen atoms in total. The van der Waals surface area contributed by atoms with Crippen molar-refractivity contribution in [2.75, 3.05) is 0 Å². The second kappa shape index (κ2) is 4.79. The van der Waals surface area contributed by atoms with E-state index in [-0.39, 0.29) is 11.6 Å². The van der Waals surface area contributed by atoms with Gasteiger partial charge in [0.15, 0.2) is 0 Å². The number of nitrogens with zero attached hydrogens (tertiary/aromatic N) is 1. The predicted octanol–water partition coefficient (Wildman–Crippen LogP) is 4.22. The van der Waals surface area contributed by atoms with Gasteiger partial charge in [0.25, 0.3) is 0 Å². The van der Waals surface area contributed by atoms with Gasteiger partial charge in [-0.05, 0) is 28.4 Å². The van der Waals surface area contributed by atoms with Crippen molar-refractivity contribution in [3.8, 4) is 11.6 Å². The fourth-order valence-corrected chi connectivity index (χ4v) is 1.49. The van der Waals surface area contributed by atoms with Crippen molar-refractivity contribution in [3.63, 3.8) is 0 Å². The minimum atomic E-state index is -0.686. The van der Waals surface area contributed by atoms with E-state index in [0.717, 1.165) is 28.2 Å². The van der Waals surface area contributed by atoms with Crippen molar-refractivity contribution in [2.24, 2.45) is 0 Å². The summed E-state index contributed by atoms with van der Waals surface area (Å²) in [6.45, 7) is 1.87. The lowest BCUT2D eigenvalue weighted by Crippen LogP contribution is -1.91. The highest BCUT2D eigenvalue weighted by atomic mass is 79.9. The number of hydrogen-bond acceptors (Lipinski definition) is 2. The van der Waals surface area contributed by atoms with E-state index >= 15 is 0 Å². The van der Waals surface area contributed by atoms with Crippen LogP contribution in [-0.4, -0.2) is 4.98 Å². The Morgan fingerprint density at radius 1 is 1.12 bits per heavy atom. The molecule has 2 aromatic rings. The lowest BCUT2D eigenvalue weighted by atomic mass is 10.3. The van der Waals surface area contributed by atoms with Crippen LogP contribution in [-0.2, 0) is 0 Å². The summed E-state index contributed by atoms with van der Waals surface area (Å²) in [5.74, 6) is -1.00. The molecule has 17 heavy (non-hydrogen) atoms. The molecule has 0 atom stereocenters. The maximum absolute atomic E-state index is 12.9. The van der Waals surface area contributed by atoms with E-state index in [0.29, 0.717) is 0 Å². The number of pyridine rings is 1. The Morgan fingerprint density at radius 2 is 1.76 bits per heavy atom. The van der Waals surface area contributed by atoms with E-state index in [1.165, 1.54) is 0 Å². The van der Waals surface area contributed by atoms with Crippen LogP contribution < -0.4 is 4.74 Å². The molecule has 0 aliphatic carbocycles. The first-order chi connectivity index (χ1) is 8.04. The van der Waals surface area contributed by atoms with Crippen molar-refractivity contribution < 1.29 is 13.5 Å². The van der Waals surface area contributed by atoms with Crippen molar-refractivity contribution in [3.05, 3.63) is 52.1 Å². The number of halogens is 3. The molecular formula is C12H8BrF2NO. The van der Waals surface area contributed by atoms with Crippen LogP contribution in [0.5, 0.6) is 11.6 Å². The molecule has 0 amide bonds. The zero-order valence-corrected chi connectivity index (χ0v) is 10.5. The lowest BCUT2D eigenvalue weighted by Gasteiger charge is -2.06. The number of aryl methyl sites for hydroxylation is 1. The molecule has 0 aliphatic rings. The molecule has 0 saturated heterocycles. The van der Waals surface area contributed by atoms with Gasteiger partial charge in [0.1, 0.15) is 17.4 Å². The van der Waals surface area contributed by atoms with Crippen LogP contribution in [0.3, 0.4) is 0 Å². The summed E-state index contributed by atoms with van der Waals surface area (Å²) < 4.78 is 32.0. The van der Waals surface area contributed by atoms with Crippen LogP contribution in [0.25, 0.3) is 0 Å². The first kappa shape index (κ1) is 12.0. The summed E-state index contributed by atoms with van der Waals surface area (Å²) in [5, 5.41) is 0. The Bertz CT molecular complexity index is 540. The summed E-state index contributed by atoms with van der Waals surface area (Å²) in [6, 6.07) is 4.66. The molecule has 0 N–H and O–H groups in total. The summed E-state index contributed by atoms with van der Waals surface area (Å²) in [5.41, 5.74) is 0.923. The first-order valence-electron chi connectivity index (χ1n) is 4.81. The molecule has 0 radical (unpaired) electrons. The van der Waals surface area contributed by atoms with E-state index < -0.39 is 11.6 Å². The topological polar surface area (TPSA) is 22.1 Å². The molecule has 88 valence electrons. The van der Waals surface area contributed by atoms with Gasteiger partial charge in [0, 0.05) is 34.9 Å². The molecular weight excluding hydrogens is 292 g/mol. The van der Waals surface area contributed by atoms with Gasteiger partial charge in [0.2, 0.25) is 5.88 Å². The normalized spacial score (nSPS) is 10.4. The lowest BCUT2D eigenvalue weighted by molar-refractivity contribution is 0.451. The molecule has 1 aromatic carbocycles. The van der Waals surface area contributed by atoms with E-state index in [9.17, 15) is 8.78 Å². The Kier molecular flexibility index (Phi) is 3.38.